The summed E-state index contributed by atoms with van der Waals surface area (Å²) >= 11 is 0.840. The Hall–Kier alpha value is -0.590. The van der Waals surface area contributed by atoms with Crippen LogP contribution < -0.4 is 5.73 Å². The predicted octanol–water partition coefficient (Wildman–Crippen LogP) is 2.94. The number of nitrogens with two attached hydrogens (primary N) is 1. The van der Waals surface area contributed by atoms with Crippen molar-refractivity contribution < 1.29 is 13.2 Å². The first-order chi connectivity index (χ1) is 8.40. The van der Waals surface area contributed by atoms with Crippen LogP contribution in [0.4, 0.5) is 13.2 Å². The van der Waals surface area contributed by atoms with Gasteiger partial charge in [0.1, 0.15) is 4.88 Å². The van der Waals surface area contributed by atoms with Gasteiger partial charge in [-0.3, -0.25) is 4.90 Å². The second-order valence-corrected chi connectivity index (χ2v) is 6.05. The lowest BCUT2D eigenvalue weighted by Crippen LogP contribution is -2.26. The smallest absolute Gasteiger partial charge is 0.330 e. The highest BCUT2D eigenvalue weighted by atomic mass is 32.1. The summed E-state index contributed by atoms with van der Waals surface area (Å²) in [6.45, 7) is 4.24. The van der Waals surface area contributed by atoms with Crippen molar-refractivity contribution in [3.63, 3.8) is 0 Å². The number of alkyl halides is 3. The van der Waals surface area contributed by atoms with Gasteiger partial charge >= 0.3 is 6.18 Å². The third-order valence-corrected chi connectivity index (χ3v) is 4.54. The second kappa shape index (κ2) is 5.19. The van der Waals surface area contributed by atoms with Gasteiger partial charge in [-0.25, -0.2) is 0 Å². The van der Waals surface area contributed by atoms with Gasteiger partial charge in [-0.05, 0) is 37.9 Å². The van der Waals surface area contributed by atoms with Crippen LogP contribution >= 0.6 is 11.3 Å². The topological polar surface area (TPSA) is 29.3 Å². The van der Waals surface area contributed by atoms with E-state index in [1.165, 1.54) is 6.07 Å². The lowest BCUT2D eigenvalue weighted by Gasteiger charge is -2.19. The first-order valence-electron chi connectivity index (χ1n) is 6.00. The fourth-order valence-electron chi connectivity index (χ4n) is 2.42. The number of halogens is 3. The van der Waals surface area contributed by atoms with Gasteiger partial charge in [0.15, 0.2) is 0 Å². The number of rotatable bonds is 3. The number of likely N-dealkylation sites (tertiary alicyclic amines) is 1. The second-order valence-electron chi connectivity index (χ2n) is 4.88. The van der Waals surface area contributed by atoms with Gasteiger partial charge in [0, 0.05) is 24.0 Å². The maximum atomic E-state index is 12.5. The van der Waals surface area contributed by atoms with Crippen LogP contribution in [0.3, 0.4) is 0 Å². The maximum Gasteiger partial charge on any atom is 0.425 e. The zero-order chi connectivity index (χ0) is 13.3. The van der Waals surface area contributed by atoms with Gasteiger partial charge in [0.25, 0.3) is 0 Å². The van der Waals surface area contributed by atoms with E-state index in [0.717, 1.165) is 29.2 Å². The van der Waals surface area contributed by atoms with Gasteiger partial charge < -0.3 is 5.73 Å². The van der Waals surface area contributed by atoms with Crippen LogP contribution in [0.1, 0.15) is 23.1 Å². The van der Waals surface area contributed by atoms with Crippen molar-refractivity contribution in [2.75, 3.05) is 13.1 Å². The highest BCUT2D eigenvalue weighted by Crippen LogP contribution is 2.35. The van der Waals surface area contributed by atoms with E-state index in [-0.39, 0.29) is 0 Å². The minimum absolute atomic E-state index is 0.398. The largest absolute Gasteiger partial charge is 0.425 e. The molecule has 1 aliphatic rings. The maximum absolute atomic E-state index is 12.5. The highest BCUT2D eigenvalue weighted by molar-refractivity contribution is 7.12. The predicted molar refractivity (Wildman–Crippen MR) is 66.4 cm³/mol. The van der Waals surface area contributed by atoms with E-state index in [0.29, 0.717) is 25.0 Å². The van der Waals surface area contributed by atoms with Crippen LogP contribution in [-0.4, -0.2) is 24.0 Å². The molecular formula is C12H17F3N2S. The molecule has 1 saturated heterocycles. The monoisotopic (exact) mass is 278 g/mol. The molecule has 0 spiro atoms. The summed E-state index contributed by atoms with van der Waals surface area (Å²) in [5, 5.41) is 0. The summed E-state index contributed by atoms with van der Waals surface area (Å²) in [5.74, 6) is 0.474. The van der Waals surface area contributed by atoms with Crippen molar-refractivity contribution in [3.05, 3.63) is 21.9 Å². The SMILES string of the molecule is CC1CC(CN)CN1Cc1ccc(C(F)(F)F)s1. The molecule has 102 valence electrons. The van der Waals surface area contributed by atoms with Crippen LogP contribution in [0.25, 0.3) is 0 Å². The van der Waals surface area contributed by atoms with E-state index < -0.39 is 11.1 Å². The van der Waals surface area contributed by atoms with E-state index in [2.05, 4.69) is 11.8 Å². The summed E-state index contributed by atoms with van der Waals surface area (Å²) in [6.07, 6.45) is -3.19. The molecule has 0 amide bonds. The van der Waals surface area contributed by atoms with Gasteiger partial charge in [0.05, 0.1) is 0 Å². The van der Waals surface area contributed by atoms with Crippen LogP contribution in [0.15, 0.2) is 12.1 Å². The van der Waals surface area contributed by atoms with Crippen molar-refractivity contribution >= 4 is 11.3 Å². The minimum Gasteiger partial charge on any atom is -0.330 e. The third kappa shape index (κ3) is 3.05. The molecule has 1 aromatic rings. The summed E-state index contributed by atoms with van der Waals surface area (Å²) in [6, 6.07) is 3.15. The van der Waals surface area contributed by atoms with Gasteiger partial charge in [-0.2, -0.15) is 13.2 Å². The van der Waals surface area contributed by atoms with Gasteiger partial charge in [-0.1, -0.05) is 0 Å². The quantitative estimate of drug-likeness (QED) is 0.921. The zero-order valence-electron chi connectivity index (χ0n) is 10.2. The van der Waals surface area contributed by atoms with Crippen LogP contribution in [0, 0.1) is 5.92 Å². The lowest BCUT2D eigenvalue weighted by molar-refractivity contribution is -0.134. The first-order valence-corrected chi connectivity index (χ1v) is 6.82. The van der Waals surface area contributed by atoms with E-state index >= 15 is 0 Å². The molecule has 0 aromatic carbocycles. The van der Waals surface area contributed by atoms with Crippen LogP contribution in [-0.2, 0) is 12.7 Å². The van der Waals surface area contributed by atoms with E-state index in [9.17, 15) is 13.2 Å². The summed E-state index contributed by atoms with van der Waals surface area (Å²) < 4.78 is 37.5. The Morgan fingerprint density at radius 1 is 1.44 bits per heavy atom. The van der Waals surface area contributed by atoms with E-state index in [4.69, 9.17) is 5.73 Å². The van der Waals surface area contributed by atoms with Crippen molar-refractivity contribution in [3.8, 4) is 0 Å². The normalized spacial score (nSPS) is 25.8. The Bertz CT molecular complexity index is 402. The Morgan fingerprint density at radius 3 is 2.67 bits per heavy atom. The number of nitrogens with zero attached hydrogens (tertiary/aromatic N) is 1. The number of hydrogen-bond acceptors (Lipinski definition) is 3. The Balaban J connectivity index is 2.00. The third-order valence-electron chi connectivity index (χ3n) is 3.42. The molecule has 0 radical (unpaired) electrons. The minimum atomic E-state index is -4.22. The lowest BCUT2D eigenvalue weighted by atomic mass is 10.1. The van der Waals surface area contributed by atoms with Crippen molar-refractivity contribution in [2.24, 2.45) is 11.7 Å². The van der Waals surface area contributed by atoms with Crippen LogP contribution in [0.2, 0.25) is 0 Å². The van der Waals surface area contributed by atoms with E-state index in [1.807, 2.05) is 0 Å². The average molecular weight is 278 g/mol. The van der Waals surface area contributed by atoms with Crippen molar-refractivity contribution in [2.45, 2.75) is 32.1 Å². The molecule has 1 aromatic heterocycles. The Morgan fingerprint density at radius 2 is 2.17 bits per heavy atom. The molecule has 2 atom stereocenters. The standard InChI is InChI=1S/C12H17F3N2S/c1-8-4-9(5-16)6-17(8)7-10-2-3-11(18-10)12(13,14)15/h2-3,8-9H,4-7,16H2,1H3. The molecule has 0 aliphatic carbocycles. The molecule has 0 bridgehead atoms. The Labute approximate surface area is 109 Å². The zero-order valence-corrected chi connectivity index (χ0v) is 11.0. The van der Waals surface area contributed by atoms with Crippen LogP contribution in [0.5, 0.6) is 0 Å². The molecule has 18 heavy (non-hydrogen) atoms. The summed E-state index contributed by atoms with van der Waals surface area (Å²) in [4.78, 5) is 2.47. The van der Waals surface area contributed by atoms with Gasteiger partial charge in [-0.15, -0.1) is 11.3 Å². The van der Waals surface area contributed by atoms with Crippen molar-refractivity contribution in [1.82, 2.24) is 4.90 Å². The molecule has 0 saturated carbocycles. The summed E-state index contributed by atoms with van der Waals surface area (Å²) in [7, 11) is 0. The molecule has 2 unspecified atom stereocenters. The molecule has 2 heterocycles. The molecule has 1 fully saturated rings. The molecule has 2 N–H and O–H groups in total. The molecule has 2 nitrogen and oxygen atoms in total. The number of thiophene rings is 1. The molecule has 1 aliphatic heterocycles. The first kappa shape index (κ1) is 13.8. The molecular weight excluding hydrogens is 261 g/mol. The summed E-state index contributed by atoms with van der Waals surface area (Å²) in [5.41, 5.74) is 5.64. The molecule has 6 heteroatoms. The fourth-order valence-corrected chi connectivity index (χ4v) is 3.32. The Kier molecular flexibility index (Phi) is 3.99. The van der Waals surface area contributed by atoms with Gasteiger partial charge in [0.2, 0.25) is 0 Å². The number of hydrogen-bond donors (Lipinski definition) is 1. The van der Waals surface area contributed by atoms with E-state index in [1.54, 1.807) is 6.07 Å². The fraction of sp³-hybridized carbons (Fsp3) is 0.667. The molecule has 2 rings (SSSR count). The highest BCUT2D eigenvalue weighted by Gasteiger charge is 2.33. The van der Waals surface area contributed by atoms with Crippen molar-refractivity contribution in [1.29, 1.82) is 0 Å². The average Bonchev–Trinajstić information content (AvgIpc) is 2.86.